The molecule has 0 heterocycles. The number of rotatable bonds is 5. The van der Waals surface area contributed by atoms with Crippen molar-refractivity contribution in [3.63, 3.8) is 0 Å². The Morgan fingerprint density at radius 3 is 2.47 bits per heavy atom. The van der Waals surface area contributed by atoms with Crippen LogP contribution in [0.4, 0.5) is 0 Å². The smallest absolute Gasteiger partial charge is 0.143 e. The third-order valence-electron chi connectivity index (χ3n) is 2.50. The minimum Gasteiger partial charge on any atom is -0.506 e. The van der Waals surface area contributed by atoms with Crippen LogP contribution in [0.3, 0.4) is 0 Å². The molecule has 1 aromatic rings. The fourth-order valence-corrected chi connectivity index (χ4v) is 2.73. The average molecular weight is 362 g/mol. The highest BCUT2D eigenvalue weighted by Gasteiger charge is 2.08. The van der Waals surface area contributed by atoms with Crippen molar-refractivity contribution < 1.29 is 5.11 Å². The van der Waals surface area contributed by atoms with Crippen molar-refractivity contribution in [3.05, 3.63) is 26.6 Å². The van der Waals surface area contributed by atoms with Gasteiger partial charge in [-0.2, -0.15) is 5.26 Å². The number of benzene rings is 1. The van der Waals surface area contributed by atoms with Crippen molar-refractivity contribution in [2.75, 3.05) is 0 Å². The zero-order chi connectivity index (χ0) is 12.8. The monoisotopic (exact) mass is 360 g/mol. The molecule has 0 saturated carbocycles. The summed E-state index contributed by atoms with van der Waals surface area (Å²) in [4.78, 5) is 0. The third-order valence-corrected chi connectivity index (χ3v) is 3.71. The van der Waals surface area contributed by atoms with E-state index in [1.165, 1.54) is 0 Å². The van der Waals surface area contributed by atoms with E-state index in [1.54, 1.807) is 0 Å². The van der Waals surface area contributed by atoms with E-state index in [9.17, 15) is 5.11 Å². The van der Waals surface area contributed by atoms with Gasteiger partial charge in [-0.1, -0.05) is 6.92 Å². The molecule has 3 nitrogen and oxygen atoms in total. The molecule has 17 heavy (non-hydrogen) atoms. The summed E-state index contributed by atoms with van der Waals surface area (Å²) in [6, 6.07) is 6.11. The molecule has 1 unspecified atom stereocenters. The maximum Gasteiger partial charge on any atom is 0.143 e. The number of nitriles is 1. The lowest BCUT2D eigenvalue weighted by atomic mass is 10.1. The predicted molar refractivity (Wildman–Crippen MR) is 74.7 cm³/mol. The van der Waals surface area contributed by atoms with Gasteiger partial charge in [-0.25, -0.2) is 0 Å². The van der Waals surface area contributed by atoms with Crippen molar-refractivity contribution in [2.45, 2.75) is 32.4 Å². The first-order valence-electron chi connectivity index (χ1n) is 5.35. The van der Waals surface area contributed by atoms with E-state index in [1.807, 2.05) is 12.1 Å². The van der Waals surface area contributed by atoms with E-state index in [4.69, 9.17) is 5.26 Å². The summed E-state index contributed by atoms with van der Waals surface area (Å²) < 4.78 is 1.33. The van der Waals surface area contributed by atoms with Crippen LogP contribution in [0.5, 0.6) is 5.75 Å². The van der Waals surface area contributed by atoms with Gasteiger partial charge in [-0.05, 0) is 56.0 Å². The van der Waals surface area contributed by atoms with Crippen molar-refractivity contribution in [3.8, 4) is 11.8 Å². The second-order valence-electron chi connectivity index (χ2n) is 3.76. The highest BCUT2D eigenvalue weighted by molar-refractivity contribution is 9.11. The molecule has 1 aromatic carbocycles. The predicted octanol–water partition coefficient (Wildman–Crippen LogP) is 3.70. The normalized spacial score (nSPS) is 12.1. The maximum atomic E-state index is 9.58. The molecule has 0 aliphatic heterocycles. The Morgan fingerprint density at radius 2 is 2.00 bits per heavy atom. The zero-order valence-corrected chi connectivity index (χ0v) is 12.7. The minimum atomic E-state index is 0.206. The summed E-state index contributed by atoms with van der Waals surface area (Å²) in [6.07, 6.45) is 1.44. The van der Waals surface area contributed by atoms with E-state index in [2.05, 4.69) is 50.2 Å². The minimum absolute atomic E-state index is 0.206. The van der Waals surface area contributed by atoms with Crippen LogP contribution in [-0.4, -0.2) is 11.1 Å². The SMILES string of the molecule is CCC(CC#N)NCc1cc(Br)c(O)c(Br)c1. The maximum absolute atomic E-state index is 9.58. The topological polar surface area (TPSA) is 56.0 Å². The summed E-state index contributed by atoms with van der Waals surface area (Å²) in [5.41, 5.74) is 1.05. The molecule has 0 saturated heterocycles. The van der Waals surface area contributed by atoms with Crippen LogP contribution >= 0.6 is 31.9 Å². The lowest BCUT2D eigenvalue weighted by molar-refractivity contribution is 0.467. The molecule has 0 amide bonds. The lowest BCUT2D eigenvalue weighted by Gasteiger charge is -2.14. The molecule has 5 heteroatoms. The molecule has 0 bridgehead atoms. The second kappa shape index (κ2) is 7.00. The van der Waals surface area contributed by atoms with Crippen LogP contribution in [0.15, 0.2) is 21.1 Å². The third kappa shape index (κ3) is 4.30. The van der Waals surface area contributed by atoms with Crippen LogP contribution in [0.2, 0.25) is 0 Å². The molecule has 0 radical (unpaired) electrons. The Kier molecular flexibility index (Phi) is 5.96. The van der Waals surface area contributed by atoms with Gasteiger partial charge in [0.2, 0.25) is 0 Å². The van der Waals surface area contributed by atoms with Gasteiger partial charge in [0.15, 0.2) is 0 Å². The molecule has 0 aliphatic carbocycles. The van der Waals surface area contributed by atoms with Crippen LogP contribution in [0, 0.1) is 11.3 Å². The number of halogens is 2. The highest BCUT2D eigenvalue weighted by Crippen LogP contribution is 2.33. The fraction of sp³-hybridized carbons (Fsp3) is 0.417. The van der Waals surface area contributed by atoms with Crippen LogP contribution in [0.1, 0.15) is 25.3 Å². The first-order chi connectivity index (χ1) is 8.08. The summed E-state index contributed by atoms with van der Waals surface area (Å²) in [6.45, 7) is 2.73. The van der Waals surface area contributed by atoms with Gasteiger partial charge in [0, 0.05) is 12.6 Å². The van der Waals surface area contributed by atoms with Crippen LogP contribution in [-0.2, 0) is 6.54 Å². The molecule has 1 rings (SSSR count). The van der Waals surface area contributed by atoms with Crippen molar-refractivity contribution >= 4 is 31.9 Å². The van der Waals surface area contributed by atoms with Gasteiger partial charge in [0.05, 0.1) is 21.4 Å². The van der Waals surface area contributed by atoms with Gasteiger partial charge in [-0.3, -0.25) is 0 Å². The number of nitrogens with zero attached hydrogens (tertiary/aromatic N) is 1. The molecule has 0 spiro atoms. The number of phenolic OH excluding ortho intramolecular Hbond substituents is 1. The molecule has 1 atom stereocenters. The standard InChI is InChI=1S/C12H14Br2N2O/c1-2-9(3-4-15)16-7-8-5-10(13)12(17)11(14)6-8/h5-6,9,16-17H,2-3,7H2,1H3. The molecular weight excluding hydrogens is 348 g/mol. The quantitative estimate of drug-likeness (QED) is 0.840. The van der Waals surface area contributed by atoms with Crippen molar-refractivity contribution in [1.29, 1.82) is 5.26 Å². The first-order valence-corrected chi connectivity index (χ1v) is 6.94. The Labute approximate surface area is 118 Å². The van der Waals surface area contributed by atoms with Gasteiger partial charge < -0.3 is 10.4 Å². The van der Waals surface area contributed by atoms with Gasteiger partial charge in [0.1, 0.15) is 5.75 Å². The first kappa shape index (κ1) is 14.5. The fourth-order valence-electron chi connectivity index (χ4n) is 1.45. The van der Waals surface area contributed by atoms with E-state index < -0.39 is 0 Å². The Balaban J connectivity index is 2.67. The van der Waals surface area contributed by atoms with E-state index in [-0.39, 0.29) is 11.8 Å². The molecule has 0 aliphatic rings. The van der Waals surface area contributed by atoms with Crippen LogP contribution < -0.4 is 5.32 Å². The lowest BCUT2D eigenvalue weighted by Crippen LogP contribution is -2.27. The average Bonchev–Trinajstić information content (AvgIpc) is 2.31. The number of hydrogen-bond acceptors (Lipinski definition) is 3. The molecular formula is C12H14Br2N2O. The molecule has 2 N–H and O–H groups in total. The Morgan fingerprint density at radius 1 is 1.41 bits per heavy atom. The second-order valence-corrected chi connectivity index (χ2v) is 5.47. The summed E-state index contributed by atoms with van der Waals surface area (Å²) in [5, 5.41) is 21.5. The molecule has 0 fully saturated rings. The summed E-state index contributed by atoms with van der Waals surface area (Å²) >= 11 is 6.58. The number of nitrogens with one attached hydrogen (secondary N) is 1. The zero-order valence-electron chi connectivity index (χ0n) is 9.50. The van der Waals surface area contributed by atoms with Crippen molar-refractivity contribution in [1.82, 2.24) is 5.32 Å². The van der Waals surface area contributed by atoms with Crippen LogP contribution in [0.25, 0.3) is 0 Å². The Bertz CT molecular complexity index is 406. The Hall–Kier alpha value is -0.570. The van der Waals surface area contributed by atoms with Gasteiger partial charge >= 0.3 is 0 Å². The molecule has 92 valence electrons. The van der Waals surface area contributed by atoms with Gasteiger partial charge in [0.25, 0.3) is 0 Å². The van der Waals surface area contributed by atoms with Gasteiger partial charge in [-0.15, -0.1) is 0 Å². The van der Waals surface area contributed by atoms with Crippen molar-refractivity contribution in [2.24, 2.45) is 0 Å². The van der Waals surface area contributed by atoms with E-state index in [0.29, 0.717) is 21.9 Å². The molecule has 0 aromatic heterocycles. The van der Waals surface area contributed by atoms with E-state index >= 15 is 0 Å². The largest absolute Gasteiger partial charge is 0.506 e. The van der Waals surface area contributed by atoms with E-state index in [0.717, 1.165) is 12.0 Å². The highest BCUT2D eigenvalue weighted by atomic mass is 79.9. The summed E-state index contributed by atoms with van der Waals surface area (Å²) in [7, 11) is 0. The summed E-state index contributed by atoms with van der Waals surface area (Å²) in [5.74, 6) is 0.206. The number of aromatic hydroxyl groups is 1. The number of hydrogen-bond donors (Lipinski definition) is 2. The number of phenols is 1.